The summed E-state index contributed by atoms with van der Waals surface area (Å²) in [5, 5.41) is 6.69. The monoisotopic (exact) mass is 392 g/mol. The fourth-order valence-corrected chi connectivity index (χ4v) is 3.04. The van der Waals surface area contributed by atoms with Crippen LogP contribution in [-0.2, 0) is 4.79 Å². The van der Waals surface area contributed by atoms with Crippen molar-refractivity contribution in [2.24, 2.45) is 5.10 Å². The van der Waals surface area contributed by atoms with Crippen molar-refractivity contribution in [1.82, 2.24) is 9.99 Å². The molecule has 2 N–H and O–H groups in total. The maximum atomic E-state index is 13.2. The van der Waals surface area contributed by atoms with Crippen LogP contribution in [0.3, 0.4) is 0 Å². The van der Waals surface area contributed by atoms with Gasteiger partial charge in [0.25, 0.3) is 5.91 Å². The van der Waals surface area contributed by atoms with Gasteiger partial charge in [-0.05, 0) is 68.4 Å². The van der Waals surface area contributed by atoms with Gasteiger partial charge in [-0.2, -0.15) is 5.10 Å². The number of aryl methyl sites for hydroxylation is 1. The zero-order valence-corrected chi connectivity index (χ0v) is 16.4. The van der Waals surface area contributed by atoms with Gasteiger partial charge < -0.3 is 9.88 Å². The molecule has 6 nitrogen and oxygen atoms in total. The average Bonchev–Trinajstić information content (AvgIpc) is 2.96. The van der Waals surface area contributed by atoms with E-state index < -0.39 is 0 Å². The van der Waals surface area contributed by atoms with Gasteiger partial charge in [0.2, 0.25) is 5.91 Å². The first-order valence-electron chi connectivity index (χ1n) is 9.01. The number of anilines is 1. The summed E-state index contributed by atoms with van der Waals surface area (Å²) in [5.74, 6) is -0.821. The number of nitrogens with zero attached hydrogens (tertiary/aromatic N) is 2. The van der Waals surface area contributed by atoms with Gasteiger partial charge in [0.1, 0.15) is 5.82 Å². The Kier molecular flexibility index (Phi) is 5.87. The molecule has 0 saturated carbocycles. The minimum atomic E-state index is -0.358. The lowest BCUT2D eigenvalue weighted by Gasteiger charge is -2.09. The van der Waals surface area contributed by atoms with Crippen LogP contribution < -0.4 is 10.7 Å². The summed E-state index contributed by atoms with van der Waals surface area (Å²) in [7, 11) is 0. The van der Waals surface area contributed by atoms with Crippen LogP contribution in [0.1, 0.15) is 34.2 Å². The van der Waals surface area contributed by atoms with Crippen molar-refractivity contribution in [3.63, 3.8) is 0 Å². The van der Waals surface area contributed by atoms with E-state index in [0.29, 0.717) is 11.3 Å². The Morgan fingerprint density at radius 1 is 1.03 bits per heavy atom. The Balaban J connectivity index is 1.70. The van der Waals surface area contributed by atoms with E-state index >= 15 is 0 Å². The number of benzene rings is 2. The molecule has 0 atom stereocenters. The van der Waals surface area contributed by atoms with Crippen molar-refractivity contribution in [2.75, 3.05) is 5.32 Å². The topological polar surface area (TPSA) is 75.5 Å². The van der Waals surface area contributed by atoms with Gasteiger partial charge in [-0.25, -0.2) is 9.82 Å². The predicted octanol–water partition coefficient (Wildman–Crippen LogP) is 3.96. The maximum absolute atomic E-state index is 13.2. The second-order valence-corrected chi connectivity index (χ2v) is 6.60. The van der Waals surface area contributed by atoms with Crippen molar-refractivity contribution >= 4 is 23.7 Å². The number of amides is 2. The Labute approximate surface area is 168 Å². The van der Waals surface area contributed by atoms with Crippen LogP contribution in [0.5, 0.6) is 0 Å². The maximum Gasteiger partial charge on any atom is 0.271 e. The predicted molar refractivity (Wildman–Crippen MR) is 111 cm³/mol. The largest absolute Gasteiger partial charge is 0.326 e. The van der Waals surface area contributed by atoms with Gasteiger partial charge in [-0.15, -0.1) is 0 Å². The lowest BCUT2D eigenvalue weighted by molar-refractivity contribution is -0.114. The number of carbonyl (C=O) groups excluding carboxylic acids is 2. The highest BCUT2D eigenvalue weighted by molar-refractivity contribution is 5.96. The summed E-state index contributed by atoms with van der Waals surface area (Å²) in [6.07, 6.45) is 1.58. The standard InChI is InChI=1S/C22H21FN4O2/c1-14-12-18(15(2)27(14)21-10-6-19(23)7-11-21)13-24-26-22(29)17-4-8-20(9-5-17)25-16(3)28/h4-13H,1-3H3,(H,25,28)(H,26,29)/b24-13-. The van der Waals surface area contributed by atoms with E-state index in [2.05, 4.69) is 15.8 Å². The van der Waals surface area contributed by atoms with Crippen molar-refractivity contribution < 1.29 is 14.0 Å². The van der Waals surface area contributed by atoms with Gasteiger partial charge in [-0.1, -0.05) is 0 Å². The van der Waals surface area contributed by atoms with E-state index in [1.165, 1.54) is 19.1 Å². The third-order valence-electron chi connectivity index (χ3n) is 4.39. The van der Waals surface area contributed by atoms with Crippen LogP contribution in [0.15, 0.2) is 59.7 Å². The number of nitrogens with one attached hydrogen (secondary N) is 2. The molecule has 148 valence electrons. The number of rotatable bonds is 5. The summed E-state index contributed by atoms with van der Waals surface area (Å²) in [6, 6.07) is 14.7. The van der Waals surface area contributed by atoms with Gasteiger partial charge in [0.05, 0.1) is 6.21 Å². The molecule has 0 aliphatic rings. The Morgan fingerprint density at radius 2 is 1.69 bits per heavy atom. The molecule has 0 saturated heterocycles. The van der Waals surface area contributed by atoms with Crippen molar-refractivity contribution in [1.29, 1.82) is 0 Å². The van der Waals surface area contributed by atoms with Crippen molar-refractivity contribution in [3.8, 4) is 5.69 Å². The fourth-order valence-electron chi connectivity index (χ4n) is 3.04. The molecule has 29 heavy (non-hydrogen) atoms. The number of halogens is 1. The minimum Gasteiger partial charge on any atom is -0.326 e. The molecule has 2 amide bonds. The van der Waals surface area contributed by atoms with Gasteiger partial charge in [0.15, 0.2) is 0 Å². The molecule has 2 aromatic carbocycles. The first-order chi connectivity index (χ1) is 13.8. The highest BCUT2D eigenvalue weighted by Crippen LogP contribution is 2.20. The van der Waals surface area contributed by atoms with E-state index in [4.69, 9.17) is 0 Å². The van der Waals surface area contributed by atoms with Crippen LogP contribution >= 0.6 is 0 Å². The molecule has 7 heteroatoms. The molecule has 0 fully saturated rings. The minimum absolute atomic E-state index is 0.176. The number of hydrazone groups is 1. The molecular formula is C22H21FN4O2. The van der Waals surface area contributed by atoms with Crippen LogP contribution in [0.25, 0.3) is 5.69 Å². The quantitative estimate of drug-likeness (QED) is 0.509. The normalized spacial score (nSPS) is 10.9. The molecule has 0 unspecified atom stereocenters. The number of carbonyl (C=O) groups is 2. The molecule has 0 aliphatic heterocycles. The lowest BCUT2D eigenvalue weighted by atomic mass is 10.2. The first kappa shape index (κ1) is 20.0. The molecule has 3 rings (SSSR count). The van der Waals surface area contributed by atoms with Crippen LogP contribution in [0.4, 0.5) is 10.1 Å². The highest BCUT2D eigenvalue weighted by Gasteiger charge is 2.10. The summed E-state index contributed by atoms with van der Waals surface area (Å²) in [4.78, 5) is 23.3. The zero-order chi connectivity index (χ0) is 21.0. The average molecular weight is 392 g/mol. The van der Waals surface area contributed by atoms with Crippen molar-refractivity contribution in [3.05, 3.63) is 82.9 Å². The molecule has 0 aliphatic carbocycles. The van der Waals surface area contributed by atoms with E-state index in [9.17, 15) is 14.0 Å². The second kappa shape index (κ2) is 8.52. The van der Waals surface area contributed by atoms with E-state index in [1.807, 2.05) is 24.5 Å². The second-order valence-electron chi connectivity index (χ2n) is 6.60. The lowest BCUT2D eigenvalue weighted by Crippen LogP contribution is -2.17. The summed E-state index contributed by atoms with van der Waals surface area (Å²) >= 11 is 0. The molecule has 0 radical (unpaired) electrons. The summed E-state index contributed by atoms with van der Waals surface area (Å²) in [6.45, 7) is 5.30. The molecule has 1 aromatic heterocycles. The van der Waals surface area contributed by atoms with E-state index in [-0.39, 0.29) is 17.6 Å². The third kappa shape index (κ3) is 4.76. The smallest absolute Gasteiger partial charge is 0.271 e. The van der Waals surface area contributed by atoms with Gasteiger partial charge in [0, 0.05) is 40.8 Å². The highest BCUT2D eigenvalue weighted by atomic mass is 19.1. The Bertz CT molecular complexity index is 1070. The Hall–Kier alpha value is -3.74. The van der Waals surface area contributed by atoms with Crippen molar-refractivity contribution in [2.45, 2.75) is 20.8 Å². The zero-order valence-electron chi connectivity index (χ0n) is 16.4. The number of hydrogen-bond donors (Lipinski definition) is 2. The van der Waals surface area contributed by atoms with Crippen LogP contribution in [-0.4, -0.2) is 22.6 Å². The third-order valence-corrected chi connectivity index (χ3v) is 4.39. The summed E-state index contributed by atoms with van der Waals surface area (Å²) in [5.41, 5.74) is 7.12. The fraction of sp³-hybridized carbons (Fsp3) is 0.136. The first-order valence-corrected chi connectivity index (χ1v) is 9.01. The SMILES string of the molecule is CC(=O)Nc1ccc(C(=O)N/N=C\c2cc(C)n(-c3ccc(F)cc3)c2C)cc1. The van der Waals surface area contributed by atoms with Gasteiger partial charge in [-0.3, -0.25) is 9.59 Å². The molecule has 0 bridgehead atoms. The molecular weight excluding hydrogens is 371 g/mol. The molecule has 3 aromatic rings. The van der Waals surface area contributed by atoms with Gasteiger partial charge >= 0.3 is 0 Å². The summed E-state index contributed by atoms with van der Waals surface area (Å²) < 4.78 is 15.2. The van der Waals surface area contributed by atoms with Crippen LogP contribution in [0.2, 0.25) is 0 Å². The van der Waals surface area contributed by atoms with Crippen LogP contribution in [0, 0.1) is 19.7 Å². The van der Waals surface area contributed by atoms with E-state index in [1.54, 1.807) is 42.6 Å². The van der Waals surface area contributed by atoms with E-state index in [0.717, 1.165) is 22.6 Å². The molecule has 1 heterocycles. The number of aromatic nitrogens is 1. The molecule has 0 spiro atoms. The Morgan fingerprint density at radius 3 is 2.31 bits per heavy atom. The number of hydrogen-bond acceptors (Lipinski definition) is 3.